The summed E-state index contributed by atoms with van der Waals surface area (Å²) in [4.78, 5) is 26.9. The highest BCUT2D eigenvalue weighted by Crippen LogP contribution is 2.26. The van der Waals surface area contributed by atoms with Crippen molar-refractivity contribution in [3.8, 4) is 0 Å². The molecule has 1 N–H and O–H groups in total. The van der Waals surface area contributed by atoms with Gasteiger partial charge in [-0.05, 0) is 49.9 Å². The summed E-state index contributed by atoms with van der Waals surface area (Å²) in [6.45, 7) is 4.03. The molecule has 0 fully saturated rings. The Kier molecular flexibility index (Phi) is 9.73. The number of carbonyl (C=O) groups is 2. The monoisotopic (exact) mass is 493 g/mol. The summed E-state index contributed by atoms with van der Waals surface area (Å²) >= 11 is 6.08. The van der Waals surface area contributed by atoms with Crippen LogP contribution in [-0.4, -0.2) is 57.6 Å². The van der Waals surface area contributed by atoms with Crippen LogP contribution in [0.4, 0.5) is 5.69 Å². The van der Waals surface area contributed by atoms with Gasteiger partial charge >= 0.3 is 0 Å². The van der Waals surface area contributed by atoms with E-state index < -0.39 is 16.1 Å². The highest BCUT2D eigenvalue weighted by Gasteiger charge is 2.26. The Morgan fingerprint density at radius 1 is 1.09 bits per heavy atom. The molecule has 0 spiro atoms. The molecule has 0 saturated carbocycles. The Hall–Kier alpha value is -2.58. The van der Waals surface area contributed by atoms with Gasteiger partial charge in [0.05, 0.1) is 11.9 Å². The SMILES string of the molecule is CNC(=O)[C@H](C)N(CCc1ccccc1)C(=O)CCCN(c1cc(Cl)ccc1C)S(C)(=O)=O. The summed E-state index contributed by atoms with van der Waals surface area (Å²) in [5.41, 5.74) is 2.34. The molecule has 33 heavy (non-hydrogen) atoms. The molecule has 2 rings (SSSR count). The van der Waals surface area contributed by atoms with Gasteiger partial charge in [0.15, 0.2) is 0 Å². The minimum Gasteiger partial charge on any atom is -0.357 e. The second-order valence-corrected chi connectivity index (χ2v) is 10.3. The molecule has 7 nitrogen and oxygen atoms in total. The van der Waals surface area contributed by atoms with Crippen LogP contribution < -0.4 is 9.62 Å². The maximum Gasteiger partial charge on any atom is 0.242 e. The smallest absolute Gasteiger partial charge is 0.242 e. The van der Waals surface area contributed by atoms with E-state index in [0.29, 0.717) is 30.1 Å². The van der Waals surface area contributed by atoms with Crippen molar-refractivity contribution >= 4 is 39.1 Å². The second kappa shape index (κ2) is 12.0. The molecule has 180 valence electrons. The first-order chi connectivity index (χ1) is 15.5. The maximum absolute atomic E-state index is 13.1. The number of hydrogen-bond donors (Lipinski definition) is 1. The molecule has 0 aliphatic heterocycles. The number of amides is 2. The summed E-state index contributed by atoms with van der Waals surface area (Å²) in [5, 5.41) is 3.03. The van der Waals surface area contributed by atoms with Crippen molar-refractivity contribution in [1.29, 1.82) is 0 Å². The molecule has 0 heterocycles. The van der Waals surface area contributed by atoms with E-state index in [1.54, 1.807) is 30.0 Å². The average molecular weight is 494 g/mol. The predicted octanol–water partition coefficient (Wildman–Crippen LogP) is 3.40. The molecule has 2 aromatic carbocycles. The maximum atomic E-state index is 13.1. The summed E-state index contributed by atoms with van der Waals surface area (Å²) in [7, 11) is -2.03. The molecule has 0 unspecified atom stereocenters. The van der Waals surface area contributed by atoms with Crippen LogP contribution in [0, 0.1) is 6.92 Å². The van der Waals surface area contributed by atoms with Crippen molar-refractivity contribution in [3.05, 3.63) is 64.7 Å². The lowest BCUT2D eigenvalue weighted by molar-refractivity contribution is -0.139. The van der Waals surface area contributed by atoms with E-state index in [0.717, 1.165) is 17.4 Å². The van der Waals surface area contributed by atoms with E-state index in [1.807, 2.05) is 37.3 Å². The lowest BCUT2D eigenvalue weighted by Gasteiger charge is -2.29. The van der Waals surface area contributed by atoms with Gasteiger partial charge in [-0.1, -0.05) is 48.0 Å². The van der Waals surface area contributed by atoms with Crippen molar-refractivity contribution in [1.82, 2.24) is 10.2 Å². The van der Waals surface area contributed by atoms with E-state index in [2.05, 4.69) is 5.32 Å². The predicted molar refractivity (Wildman–Crippen MR) is 133 cm³/mol. The van der Waals surface area contributed by atoms with Crippen LogP contribution in [0.5, 0.6) is 0 Å². The zero-order chi connectivity index (χ0) is 24.6. The molecular formula is C24H32ClN3O4S. The van der Waals surface area contributed by atoms with E-state index in [-0.39, 0.29) is 24.8 Å². The first-order valence-electron chi connectivity index (χ1n) is 10.8. The van der Waals surface area contributed by atoms with Crippen LogP contribution in [0.25, 0.3) is 0 Å². The standard InChI is InChI=1S/C24H32ClN3O4S/c1-18-12-13-21(25)17-22(18)28(33(4,31)32)15-8-11-23(29)27(19(2)24(30)26-3)16-14-20-9-6-5-7-10-20/h5-7,9-10,12-13,17,19H,8,11,14-16H2,1-4H3,(H,26,30)/t19-/m0/s1. The van der Waals surface area contributed by atoms with Gasteiger partial charge in [0.25, 0.3) is 0 Å². The quantitative estimate of drug-likeness (QED) is 0.519. The molecular weight excluding hydrogens is 462 g/mol. The van der Waals surface area contributed by atoms with Gasteiger partial charge in [0, 0.05) is 31.6 Å². The van der Waals surface area contributed by atoms with Gasteiger partial charge in [0.2, 0.25) is 21.8 Å². The topological polar surface area (TPSA) is 86.8 Å². The number of rotatable bonds is 11. The summed E-state index contributed by atoms with van der Waals surface area (Å²) in [5.74, 6) is -0.443. The minimum absolute atomic E-state index is 0.113. The first-order valence-corrected chi connectivity index (χ1v) is 13.1. The Labute approximate surface area is 201 Å². The lowest BCUT2D eigenvalue weighted by Crippen LogP contribution is -2.48. The molecule has 0 radical (unpaired) electrons. The molecule has 0 aliphatic rings. The Morgan fingerprint density at radius 3 is 2.36 bits per heavy atom. The average Bonchev–Trinajstić information content (AvgIpc) is 2.77. The van der Waals surface area contributed by atoms with Crippen molar-refractivity contribution in [3.63, 3.8) is 0 Å². The van der Waals surface area contributed by atoms with Crippen LogP contribution in [-0.2, 0) is 26.0 Å². The molecule has 0 aromatic heterocycles. The highest BCUT2D eigenvalue weighted by atomic mass is 35.5. The van der Waals surface area contributed by atoms with Crippen LogP contribution in [0.3, 0.4) is 0 Å². The van der Waals surface area contributed by atoms with Crippen LogP contribution >= 0.6 is 11.6 Å². The summed E-state index contributed by atoms with van der Waals surface area (Å²) in [6, 6.07) is 14.2. The number of carbonyl (C=O) groups excluding carboxylic acids is 2. The molecule has 2 amide bonds. The van der Waals surface area contributed by atoms with Crippen LogP contribution in [0.2, 0.25) is 5.02 Å². The van der Waals surface area contributed by atoms with Gasteiger partial charge in [-0.2, -0.15) is 0 Å². The van der Waals surface area contributed by atoms with Gasteiger partial charge in [-0.3, -0.25) is 13.9 Å². The Bertz CT molecular complexity index is 1060. The van der Waals surface area contributed by atoms with Gasteiger partial charge < -0.3 is 10.2 Å². The molecule has 0 aliphatic carbocycles. The van der Waals surface area contributed by atoms with E-state index in [1.165, 1.54) is 11.4 Å². The lowest BCUT2D eigenvalue weighted by atomic mass is 10.1. The summed E-state index contributed by atoms with van der Waals surface area (Å²) < 4.78 is 26.1. The highest BCUT2D eigenvalue weighted by molar-refractivity contribution is 7.92. The number of nitrogens with zero attached hydrogens (tertiary/aromatic N) is 2. The number of sulfonamides is 1. The number of benzene rings is 2. The van der Waals surface area contributed by atoms with E-state index >= 15 is 0 Å². The van der Waals surface area contributed by atoms with Crippen LogP contribution in [0.1, 0.15) is 30.9 Å². The van der Waals surface area contributed by atoms with E-state index in [9.17, 15) is 18.0 Å². The third-order valence-electron chi connectivity index (χ3n) is 5.49. The van der Waals surface area contributed by atoms with E-state index in [4.69, 9.17) is 11.6 Å². The van der Waals surface area contributed by atoms with Gasteiger partial charge in [0.1, 0.15) is 6.04 Å². The number of aryl methyl sites for hydroxylation is 1. The van der Waals surface area contributed by atoms with Crippen molar-refractivity contribution < 1.29 is 18.0 Å². The van der Waals surface area contributed by atoms with Crippen molar-refractivity contribution in [2.75, 3.05) is 30.7 Å². The fourth-order valence-corrected chi connectivity index (χ4v) is 4.79. The fraction of sp³-hybridized carbons (Fsp3) is 0.417. The number of halogens is 1. The van der Waals surface area contributed by atoms with Crippen molar-refractivity contribution in [2.45, 2.75) is 39.2 Å². The van der Waals surface area contributed by atoms with Gasteiger partial charge in [-0.15, -0.1) is 0 Å². The normalized spacial score (nSPS) is 12.2. The first kappa shape index (κ1) is 26.7. The number of nitrogens with one attached hydrogen (secondary N) is 1. The van der Waals surface area contributed by atoms with Gasteiger partial charge in [-0.25, -0.2) is 8.42 Å². The third kappa shape index (κ3) is 7.75. The zero-order valence-electron chi connectivity index (χ0n) is 19.5. The second-order valence-electron chi connectivity index (χ2n) is 7.98. The molecule has 9 heteroatoms. The fourth-order valence-electron chi connectivity index (χ4n) is 3.61. The molecule has 0 bridgehead atoms. The molecule has 2 aromatic rings. The third-order valence-corrected chi connectivity index (χ3v) is 6.90. The van der Waals surface area contributed by atoms with Crippen molar-refractivity contribution in [2.24, 2.45) is 0 Å². The zero-order valence-corrected chi connectivity index (χ0v) is 21.1. The minimum atomic E-state index is -3.57. The molecule has 0 saturated heterocycles. The molecule has 1 atom stereocenters. The number of anilines is 1. The number of hydrogen-bond acceptors (Lipinski definition) is 4. The Balaban J connectivity index is 2.11. The number of likely N-dealkylation sites (N-methyl/N-ethyl adjacent to an activating group) is 1. The largest absolute Gasteiger partial charge is 0.357 e. The Morgan fingerprint density at radius 2 is 1.76 bits per heavy atom. The van der Waals surface area contributed by atoms with Crippen LogP contribution in [0.15, 0.2) is 48.5 Å². The summed E-state index contributed by atoms with van der Waals surface area (Å²) in [6.07, 6.45) is 2.17.